The summed E-state index contributed by atoms with van der Waals surface area (Å²) in [5.41, 5.74) is 13.8. The van der Waals surface area contributed by atoms with E-state index in [0.717, 1.165) is 22.3 Å². The van der Waals surface area contributed by atoms with Crippen LogP contribution in [-0.2, 0) is 0 Å². The average molecular weight is 658 g/mol. The van der Waals surface area contributed by atoms with Crippen molar-refractivity contribution in [1.82, 2.24) is 14.8 Å². The quantitative estimate of drug-likeness (QED) is 0.171. The van der Waals surface area contributed by atoms with Gasteiger partial charge in [-0.25, -0.2) is 0 Å². The summed E-state index contributed by atoms with van der Waals surface area (Å²) in [5.74, 6) is 1.46. The van der Waals surface area contributed by atoms with E-state index in [1.54, 1.807) is 0 Å². The predicted molar refractivity (Wildman–Crippen MR) is 210 cm³/mol. The largest absolute Gasteiger partial charge is 0.416 e. The van der Waals surface area contributed by atoms with Gasteiger partial charge in [0.05, 0.1) is 11.0 Å². The first-order valence-electron chi connectivity index (χ1n) is 17.4. The van der Waals surface area contributed by atoms with Crippen LogP contribution in [0.5, 0.6) is 0 Å². The minimum atomic E-state index is 0.442. The molecule has 9 aromatic rings. The molecule has 2 heterocycles. The topological polar surface area (TPSA) is 43.9 Å². The van der Waals surface area contributed by atoms with E-state index in [1.165, 1.54) is 55.3 Å². The van der Waals surface area contributed by atoms with E-state index >= 15 is 0 Å². The molecule has 244 valence electrons. The van der Waals surface area contributed by atoms with Gasteiger partial charge in [0.25, 0.3) is 0 Å². The normalized spacial score (nSPS) is 11.5. The molecule has 4 nitrogen and oxygen atoms in total. The van der Waals surface area contributed by atoms with Crippen LogP contribution < -0.4 is 0 Å². The number of para-hydroxylation sites is 1. The van der Waals surface area contributed by atoms with E-state index in [2.05, 4.69) is 168 Å². The summed E-state index contributed by atoms with van der Waals surface area (Å²) in [6, 6.07) is 60.2. The molecule has 0 bridgehead atoms. The minimum absolute atomic E-state index is 0.442. The van der Waals surface area contributed by atoms with Crippen LogP contribution in [0, 0.1) is 0 Å². The molecule has 0 spiro atoms. The molecule has 51 heavy (non-hydrogen) atoms. The Kier molecular flexibility index (Phi) is 7.63. The second-order valence-electron chi connectivity index (χ2n) is 13.3. The van der Waals surface area contributed by atoms with Crippen LogP contribution in [0.15, 0.2) is 174 Å². The Labute approximate surface area is 297 Å². The zero-order chi connectivity index (χ0) is 34.3. The van der Waals surface area contributed by atoms with E-state index in [4.69, 9.17) is 4.42 Å². The molecule has 2 aromatic heterocycles. The third kappa shape index (κ3) is 5.51. The van der Waals surface area contributed by atoms with Gasteiger partial charge in [-0.05, 0) is 106 Å². The smallest absolute Gasteiger partial charge is 0.248 e. The molecule has 4 heteroatoms. The maximum absolute atomic E-state index is 6.04. The Bertz CT molecular complexity index is 2650. The first kappa shape index (κ1) is 30.5. The third-order valence-corrected chi connectivity index (χ3v) is 9.81. The zero-order valence-electron chi connectivity index (χ0n) is 28.5. The molecule has 0 unspecified atom stereocenters. The van der Waals surface area contributed by atoms with Crippen LogP contribution >= 0.6 is 0 Å². The molecule has 0 aliphatic carbocycles. The van der Waals surface area contributed by atoms with E-state index in [9.17, 15) is 0 Å². The summed E-state index contributed by atoms with van der Waals surface area (Å²) in [6.07, 6.45) is 0. The van der Waals surface area contributed by atoms with Crippen molar-refractivity contribution < 1.29 is 4.42 Å². The van der Waals surface area contributed by atoms with Crippen molar-refractivity contribution in [3.63, 3.8) is 0 Å². The fraction of sp³-hybridized carbons (Fsp3) is 0.0638. The summed E-state index contributed by atoms with van der Waals surface area (Å²) >= 11 is 0. The molecule has 0 N–H and O–H groups in total. The number of aromatic nitrogens is 3. The molecular formula is C47H35N3O. The van der Waals surface area contributed by atoms with Crippen molar-refractivity contribution in [2.45, 2.75) is 19.8 Å². The molecule has 7 aromatic carbocycles. The van der Waals surface area contributed by atoms with Crippen molar-refractivity contribution in [1.29, 1.82) is 0 Å². The lowest BCUT2D eigenvalue weighted by atomic mass is 9.89. The van der Waals surface area contributed by atoms with Gasteiger partial charge in [0.15, 0.2) is 0 Å². The van der Waals surface area contributed by atoms with Crippen molar-refractivity contribution in [2.24, 2.45) is 0 Å². The van der Waals surface area contributed by atoms with Gasteiger partial charge in [-0.1, -0.05) is 123 Å². The Morgan fingerprint density at radius 3 is 1.53 bits per heavy atom. The molecule has 0 radical (unpaired) electrons. The van der Waals surface area contributed by atoms with Crippen LogP contribution in [0.3, 0.4) is 0 Å². The van der Waals surface area contributed by atoms with Gasteiger partial charge in [0.1, 0.15) is 0 Å². The number of hydrogen-bond donors (Lipinski definition) is 0. The molecular weight excluding hydrogens is 623 g/mol. The van der Waals surface area contributed by atoms with E-state index in [-0.39, 0.29) is 0 Å². The van der Waals surface area contributed by atoms with Crippen LogP contribution in [-0.4, -0.2) is 14.8 Å². The van der Waals surface area contributed by atoms with Crippen LogP contribution in [0.1, 0.15) is 25.3 Å². The highest BCUT2D eigenvalue weighted by atomic mass is 16.4. The lowest BCUT2D eigenvalue weighted by Gasteiger charge is -2.15. The summed E-state index contributed by atoms with van der Waals surface area (Å²) in [7, 11) is 0. The van der Waals surface area contributed by atoms with Gasteiger partial charge in [0.2, 0.25) is 11.8 Å². The van der Waals surface area contributed by atoms with Gasteiger partial charge in [0, 0.05) is 27.6 Å². The molecule has 0 saturated carbocycles. The summed E-state index contributed by atoms with van der Waals surface area (Å²) in [6.45, 7) is 4.52. The lowest BCUT2D eigenvalue weighted by molar-refractivity contribution is 0.584. The van der Waals surface area contributed by atoms with Crippen LogP contribution in [0.2, 0.25) is 0 Å². The van der Waals surface area contributed by atoms with E-state index in [1.807, 2.05) is 30.3 Å². The van der Waals surface area contributed by atoms with Crippen LogP contribution in [0.25, 0.3) is 83.8 Å². The monoisotopic (exact) mass is 657 g/mol. The zero-order valence-corrected chi connectivity index (χ0v) is 28.5. The maximum Gasteiger partial charge on any atom is 0.248 e. The Balaban J connectivity index is 1.13. The van der Waals surface area contributed by atoms with Crippen LogP contribution in [0.4, 0.5) is 0 Å². The highest BCUT2D eigenvalue weighted by Gasteiger charge is 2.18. The first-order valence-corrected chi connectivity index (χ1v) is 17.4. The van der Waals surface area contributed by atoms with Crippen molar-refractivity contribution >= 4 is 21.8 Å². The summed E-state index contributed by atoms with van der Waals surface area (Å²) < 4.78 is 8.43. The van der Waals surface area contributed by atoms with Gasteiger partial charge < -0.3 is 8.98 Å². The standard InChI is InChI=1S/C47H35N3O/c1-31(2)35-25-27-44-42(29-35)43-30-36(26-28-45(43)50(44)37-15-7-4-8-16-37)39-18-10-12-20-41(39)40-19-11-9-17-38(40)32-21-23-34(24-22-32)47-49-48-46(51-47)33-13-5-3-6-14-33/h3-31H,1-2H3. The Morgan fingerprint density at radius 2 is 0.902 bits per heavy atom. The molecule has 0 atom stereocenters. The highest BCUT2D eigenvalue weighted by molar-refractivity contribution is 6.11. The lowest BCUT2D eigenvalue weighted by Crippen LogP contribution is -1.94. The predicted octanol–water partition coefficient (Wildman–Crippen LogP) is 12.6. The second-order valence-corrected chi connectivity index (χ2v) is 13.3. The summed E-state index contributed by atoms with van der Waals surface area (Å²) in [5, 5.41) is 11.1. The number of hydrogen-bond acceptors (Lipinski definition) is 3. The second kappa shape index (κ2) is 12.7. The molecule has 9 rings (SSSR count). The van der Waals surface area contributed by atoms with Crippen molar-refractivity contribution in [3.05, 3.63) is 175 Å². The van der Waals surface area contributed by atoms with E-state index < -0.39 is 0 Å². The van der Waals surface area contributed by atoms with Gasteiger partial charge in [-0.15, -0.1) is 10.2 Å². The molecule has 0 aliphatic rings. The molecule has 0 aliphatic heterocycles. The average Bonchev–Trinajstić information content (AvgIpc) is 3.82. The van der Waals surface area contributed by atoms with E-state index in [0.29, 0.717) is 17.7 Å². The number of fused-ring (bicyclic) bond motifs is 3. The van der Waals surface area contributed by atoms with Gasteiger partial charge >= 0.3 is 0 Å². The van der Waals surface area contributed by atoms with Crippen molar-refractivity contribution in [2.75, 3.05) is 0 Å². The number of nitrogens with zero attached hydrogens (tertiary/aromatic N) is 3. The molecule has 0 saturated heterocycles. The first-order chi connectivity index (χ1) is 25.1. The number of benzene rings is 7. The molecule has 0 amide bonds. The van der Waals surface area contributed by atoms with Gasteiger partial charge in [-0.3, -0.25) is 0 Å². The Morgan fingerprint density at radius 1 is 0.431 bits per heavy atom. The third-order valence-electron chi connectivity index (χ3n) is 9.81. The fourth-order valence-electron chi connectivity index (χ4n) is 7.19. The SMILES string of the molecule is CC(C)c1ccc2c(c1)c1cc(-c3ccccc3-c3ccccc3-c3ccc(-c4nnc(-c5ccccc5)o4)cc3)ccc1n2-c1ccccc1. The summed E-state index contributed by atoms with van der Waals surface area (Å²) in [4.78, 5) is 0. The fourth-order valence-corrected chi connectivity index (χ4v) is 7.19. The minimum Gasteiger partial charge on any atom is -0.416 e. The van der Waals surface area contributed by atoms with Crippen molar-refractivity contribution in [3.8, 4) is 62.0 Å². The van der Waals surface area contributed by atoms with Gasteiger partial charge in [-0.2, -0.15) is 0 Å². The molecule has 0 fully saturated rings. The Hall–Kier alpha value is -6.52. The highest BCUT2D eigenvalue weighted by Crippen LogP contribution is 2.41. The number of rotatable bonds is 7. The maximum atomic E-state index is 6.04.